The van der Waals surface area contributed by atoms with Gasteiger partial charge in [-0.15, -0.1) is 0 Å². The molecule has 0 saturated carbocycles. The molecule has 1 fully saturated rings. The number of rotatable bonds is 11. The van der Waals surface area contributed by atoms with Gasteiger partial charge in [0.05, 0.1) is 13.2 Å². The first kappa shape index (κ1) is 35.0. The van der Waals surface area contributed by atoms with Crippen LogP contribution in [-0.4, -0.2) is 72.3 Å². The molecule has 1 aliphatic heterocycles. The van der Waals surface area contributed by atoms with E-state index in [-0.39, 0.29) is 29.6 Å². The summed E-state index contributed by atoms with van der Waals surface area (Å²) in [6.45, 7) is 18.2. The van der Waals surface area contributed by atoms with Gasteiger partial charge in [0.2, 0.25) is 17.7 Å². The minimum Gasteiger partial charge on any atom is -0.467 e. The molecule has 42 heavy (non-hydrogen) atoms. The van der Waals surface area contributed by atoms with Gasteiger partial charge in [-0.05, 0) is 43.1 Å². The molecule has 2 rings (SSSR count). The Morgan fingerprint density at radius 3 is 2.19 bits per heavy atom. The Kier molecular flexibility index (Phi) is 12.0. The van der Waals surface area contributed by atoms with Crippen molar-refractivity contribution in [3.8, 4) is 0 Å². The summed E-state index contributed by atoms with van der Waals surface area (Å²) in [6.07, 6.45) is 3.74. The van der Waals surface area contributed by atoms with Crippen molar-refractivity contribution in [1.29, 1.82) is 0 Å². The predicted molar refractivity (Wildman–Crippen MR) is 167 cm³/mol. The van der Waals surface area contributed by atoms with E-state index < -0.39 is 34.9 Å². The van der Waals surface area contributed by atoms with Gasteiger partial charge in [0.15, 0.2) is 0 Å². The second-order valence-corrected chi connectivity index (χ2v) is 13.6. The Balaban J connectivity index is 2.33. The normalized spacial score (nSPS) is 18.3. The molecule has 234 valence electrons. The molecule has 0 aliphatic carbocycles. The number of likely N-dealkylation sites (N-methyl/N-ethyl adjacent to an activating group) is 1. The van der Waals surface area contributed by atoms with E-state index in [0.29, 0.717) is 25.0 Å². The van der Waals surface area contributed by atoms with Crippen LogP contribution in [0.4, 0.5) is 0 Å². The van der Waals surface area contributed by atoms with Crippen LogP contribution >= 0.6 is 0 Å². The monoisotopic (exact) mass is 583 g/mol. The third-order valence-corrected chi connectivity index (χ3v) is 8.74. The van der Waals surface area contributed by atoms with Gasteiger partial charge in [0.25, 0.3) is 0 Å². The molecule has 0 bridgehead atoms. The van der Waals surface area contributed by atoms with Gasteiger partial charge < -0.3 is 19.9 Å². The number of hydrogen-bond donors (Lipinski definition) is 1. The second-order valence-electron chi connectivity index (χ2n) is 13.6. The van der Waals surface area contributed by atoms with Crippen LogP contribution < -0.4 is 5.32 Å². The van der Waals surface area contributed by atoms with E-state index >= 15 is 0 Å². The van der Waals surface area contributed by atoms with Gasteiger partial charge in [-0.1, -0.05) is 91.8 Å². The van der Waals surface area contributed by atoms with Crippen LogP contribution in [0.3, 0.4) is 0 Å². The number of nitrogens with zero attached hydrogens (tertiary/aromatic N) is 2. The van der Waals surface area contributed by atoms with E-state index in [9.17, 15) is 19.2 Å². The maximum atomic E-state index is 14.1. The minimum absolute atomic E-state index is 0.00611. The minimum atomic E-state index is -0.774. The number of likely N-dealkylation sites (tertiary alicyclic amines) is 1. The van der Waals surface area contributed by atoms with E-state index in [0.717, 1.165) is 12.0 Å². The number of ether oxygens (including phenoxy) is 1. The van der Waals surface area contributed by atoms with Crippen molar-refractivity contribution in [1.82, 2.24) is 15.1 Å². The molecule has 1 aromatic rings. The zero-order valence-electron chi connectivity index (χ0n) is 27.6. The standard InChI is InChI=1S/C34H53N3O5/c1-12-25(34(8,9)24-17-14-13-15-18-24)29(38)35-28(33(5,6)7)31(40)36(10)27(22(2)3)21-23(4)30(39)37-20-16-19-26(37)32(41)42-11/h13-15,17-18,21-22,25-28H,12,16,19-20H2,1-11H3,(H,35,38)/b23-21+/t25-,26+,27-,28-/m1/s1. The third-order valence-electron chi connectivity index (χ3n) is 8.74. The predicted octanol–water partition coefficient (Wildman–Crippen LogP) is 5.11. The van der Waals surface area contributed by atoms with Gasteiger partial charge in [-0.2, -0.15) is 0 Å². The first-order chi connectivity index (χ1) is 19.5. The van der Waals surface area contributed by atoms with Crippen LogP contribution in [0.5, 0.6) is 0 Å². The lowest BCUT2D eigenvalue weighted by Crippen LogP contribution is -2.58. The van der Waals surface area contributed by atoms with Crippen molar-refractivity contribution in [2.45, 2.75) is 105 Å². The zero-order chi connectivity index (χ0) is 32.0. The van der Waals surface area contributed by atoms with Crippen LogP contribution in [0.25, 0.3) is 0 Å². The highest BCUT2D eigenvalue weighted by atomic mass is 16.5. The number of hydrogen-bond acceptors (Lipinski definition) is 5. The lowest BCUT2D eigenvalue weighted by Gasteiger charge is -2.40. The van der Waals surface area contributed by atoms with Crippen molar-refractivity contribution in [3.05, 3.63) is 47.5 Å². The van der Waals surface area contributed by atoms with Gasteiger partial charge in [0.1, 0.15) is 12.1 Å². The van der Waals surface area contributed by atoms with E-state index in [1.54, 1.807) is 23.8 Å². The Morgan fingerprint density at radius 1 is 1.10 bits per heavy atom. The molecule has 1 aliphatic rings. The quantitative estimate of drug-likeness (QED) is 0.288. The van der Waals surface area contributed by atoms with Gasteiger partial charge >= 0.3 is 5.97 Å². The van der Waals surface area contributed by atoms with Crippen LogP contribution in [0.2, 0.25) is 0 Å². The molecule has 8 heteroatoms. The molecule has 1 saturated heterocycles. The molecule has 1 N–H and O–H groups in total. The Labute approximate surface area is 253 Å². The molecule has 3 amide bonds. The maximum absolute atomic E-state index is 14.1. The molecular weight excluding hydrogens is 530 g/mol. The highest BCUT2D eigenvalue weighted by Crippen LogP contribution is 2.35. The summed E-state index contributed by atoms with van der Waals surface area (Å²) in [5.74, 6) is -1.36. The highest BCUT2D eigenvalue weighted by Gasteiger charge is 2.42. The Bertz CT molecular complexity index is 1140. The zero-order valence-corrected chi connectivity index (χ0v) is 27.6. The first-order valence-corrected chi connectivity index (χ1v) is 15.2. The summed E-state index contributed by atoms with van der Waals surface area (Å²) >= 11 is 0. The lowest BCUT2D eigenvalue weighted by molar-refractivity contribution is -0.149. The number of esters is 1. The van der Waals surface area contributed by atoms with Crippen molar-refractivity contribution in [3.63, 3.8) is 0 Å². The molecule has 0 unspecified atom stereocenters. The molecule has 1 aromatic carbocycles. The first-order valence-electron chi connectivity index (χ1n) is 15.2. The fraction of sp³-hybridized carbons (Fsp3) is 0.647. The summed E-state index contributed by atoms with van der Waals surface area (Å²) in [7, 11) is 3.06. The number of carbonyl (C=O) groups is 4. The number of methoxy groups -OCH3 is 1. The summed E-state index contributed by atoms with van der Waals surface area (Å²) in [6, 6.07) is 8.22. The van der Waals surface area contributed by atoms with Crippen LogP contribution in [0.1, 0.15) is 87.1 Å². The average molecular weight is 584 g/mol. The summed E-state index contributed by atoms with van der Waals surface area (Å²) in [5.41, 5.74) is 0.544. The maximum Gasteiger partial charge on any atom is 0.328 e. The van der Waals surface area contributed by atoms with Crippen molar-refractivity contribution >= 4 is 23.7 Å². The van der Waals surface area contributed by atoms with Crippen molar-refractivity contribution in [2.24, 2.45) is 17.3 Å². The lowest BCUT2D eigenvalue weighted by atomic mass is 9.71. The van der Waals surface area contributed by atoms with Crippen molar-refractivity contribution in [2.75, 3.05) is 20.7 Å². The van der Waals surface area contributed by atoms with E-state index in [1.165, 1.54) is 7.11 Å². The third kappa shape index (κ3) is 8.01. The molecule has 0 aromatic heterocycles. The number of nitrogens with one attached hydrogen (secondary N) is 1. The second kappa shape index (κ2) is 14.3. The molecule has 0 radical (unpaired) electrons. The van der Waals surface area contributed by atoms with E-state index in [1.807, 2.05) is 78.0 Å². The summed E-state index contributed by atoms with van der Waals surface area (Å²) < 4.78 is 4.90. The largest absolute Gasteiger partial charge is 0.467 e. The fourth-order valence-electron chi connectivity index (χ4n) is 6.03. The van der Waals surface area contributed by atoms with Crippen molar-refractivity contribution < 1.29 is 23.9 Å². The Morgan fingerprint density at radius 2 is 1.69 bits per heavy atom. The smallest absolute Gasteiger partial charge is 0.328 e. The number of carbonyl (C=O) groups excluding carboxylic acids is 4. The SMILES string of the molecule is CC[C@H](C(=O)N[C@H](C(=O)N(C)[C@H](/C=C(\C)C(=O)N1CCC[C@H]1C(=O)OC)C(C)C)C(C)(C)C)C(C)(C)c1ccccc1. The molecular formula is C34H53N3O5. The van der Waals surface area contributed by atoms with Crippen LogP contribution in [0.15, 0.2) is 42.0 Å². The molecule has 8 nitrogen and oxygen atoms in total. The topological polar surface area (TPSA) is 96.0 Å². The van der Waals surface area contributed by atoms with Crippen LogP contribution in [-0.2, 0) is 29.3 Å². The van der Waals surface area contributed by atoms with E-state index in [2.05, 4.69) is 19.2 Å². The summed E-state index contributed by atoms with van der Waals surface area (Å²) in [5, 5.41) is 3.13. The molecule has 1 heterocycles. The van der Waals surface area contributed by atoms with Gasteiger partial charge in [0, 0.05) is 30.5 Å². The number of benzene rings is 1. The highest BCUT2D eigenvalue weighted by molar-refractivity contribution is 5.96. The Hall–Kier alpha value is -3.16. The average Bonchev–Trinajstić information content (AvgIpc) is 3.43. The van der Waals surface area contributed by atoms with Crippen LogP contribution in [0, 0.1) is 17.3 Å². The number of amides is 3. The molecule has 4 atom stereocenters. The molecule has 0 spiro atoms. The van der Waals surface area contributed by atoms with E-state index in [4.69, 9.17) is 4.74 Å². The van der Waals surface area contributed by atoms with Gasteiger partial charge in [-0.25, -0.2) is 4.79 Å². The fourth-order valence-corrected chi connectivity index (χ4v) is 6.03. The summed E-state index contributed by atoms with van der Waals surface area (Å²) in [4.78, 5) is 56.7. The van der Waals surface area contributed by atoms with Gasteiger partial charge in [-0.3, -0.25) is 14.4 Å².